The third kappa shape index (κ3) is 11.0. The van der Waals surface area contributed by atoms with Crippen LogP contribution >= 0.6 is 0 Å². The molecule has 0 aliphatic carbocycles. The van der Waals surface area contributed by atoms with Crippen molar-refractivity contribution in [3.05, 3.63) is 59.2 Å². The average Bonchev–Trinajstić information content (AvgIpc) is 2.90. The highest BCUT2D eigenvalue weighted by atomic mass is 16.5. The summed E-state index contributed by atoms with van der Waals surface area (Å²) < 4.78 is 5.52. The summed E-state index contributed by atoms with van der Waals surface area (Å²) in [5.74, 6) is -0.204. The Morgan fingerprint density at radius 2 is 1.17 bits per heavy atom. The zero-order valence-corrected chi connectivity index (χ0v) is 22.9. The fourth-order valence-corrected chi connectivity index (χ4v) is 4.98. The number of hydrogen-bond donors (Lipinski definition) is 0. The largest absolute Gasteiger partial charge is 0.462 e. The first-order valence-electron chi connectivity index (χ1n) is 14.6. The zero-order valence-electron chi connectivity index (χ0n) is 22.9. The van der Waals surface area contributed by atoms with Gasteiger partial charge in [-0.1, -0.05) is 135 Å². The van der Waals surface area contributed by atoms with E-state index in [0.29, 0.717) is 12.2 Å². The third-order valence-electron chi connectivity index (χ3n) is 7.17. The van der Waals surface area contributed by atoms with Crippen molar-refractivity contribution in [3.8, 4) is 11.1 Å². The smallest absolute Gasteiger partial charge is 0.338 e. The lowest BCUT2D eigenvalue weighted by molar-refractivity contribution is 0.0497. The van der Waals surface area contributed by atoms with Crippen LogP contribution in [0.3, 0.4) is 0 Å². The van der Waals surface area contributed by atoms with Crippen LogP contribution < -0.4 is 0 Å². The van der Waals surface area contributed by atoms with Crippen LogP contribution in [0.2, 0.25) is 0 Å². The lowest BCUT2D eigenvalue weighted by Crippen LogP contribution is -2.06. The van der Waals surface area contributed by atoms with Crippen LogP contribution in [-0.2, 0) is 17.6 Å². The van der Waals surface area contributed by atoms with E-state index in [2.05, 4.69) is 51.1 Å². The Morgan fingerprint density at radius 1 is 0.629 bits per heavy atom. The highest BCUT2D eigenvalue weighted by Crippen LogP contribution is 2.27. The number of carbonyl (C=O) groups is 1. The summed E-state index contributed by atoms with van der Waals surface area (Å²) in [7, 11) is 0. The molecule has 0 amide bonds. The number of benzene rings is 2. The molecule has 2 heteroatoms. The monoisotopic (exact) mass is 478 g/mol. The van der Waals surface area contributed by atoms with Crippen molar-refractivity contribution in [1.82, 2.24) is 0 Å². The number of esters is 1. The second kappa shape index (κ2) is 18.2. The summed E-state index contributed by atoms with van der Waals surface area (Å²) in [6, 6.07) is 14.4. The van der Waals surface area contributed by atoms with Crippen LogP contribution in [0, 0.1) is 0 Å². The molecular formula is C33H50O2. The second-order valence-electron chi connectivity index (χ2n) is 9.96. The summed E-state index contributed by atoms with van der Waals surface area (Å²) in [6.45, 7) is 7.22. The molecule has 2 rings (SSSR count). The van der Waals surface area contributed by atoms with Crippen molar-refractivity contribution in [3.63, 3.8) is 0 Å². The molecule has 0 bridgehead atoms. The molecule has 35 heavy (non-hydrogen) atoms. The van der Waals surface area contributed by atoms with Crippen molar-refractivity contribution in [2.75, 3.05) is 6.61 Å². The van der Waals surface area contributed by atoms with Crippen molar-refractivity contribution in [2.24, 2.45) is 0 Å². The molecule has 0 aromatic heterocycles. The highest BCUT2D eigenvalue weighted by molar-refractivity contribution is 5.90. The normalized spacial score (nSPS) is 11.1. The van der Waals surface area contributed by atoms with E-state index in [4.69, 9.17) is 4.74 Å². The Bertz CT molecular complexity index is 821. The Hall–Kier alpha value is -2.09. The molecule has 0 saturated heterocycles. The number of rotatable bonds is 19. The van der Waals surface area contributed by atoms with Crippen LogP contribution in [0.4, 0.5) is 0 Å². The first kappa shape index (κ1) is 29.1. The van der Waals surface area contributed by atoms with Gasteiger partial charge in [0.2, 0.25) is 0 Å². The van der Waals surface area contributed by atoms with Gasteiger partial charge in [0.15, 0.2) is 0 Å². The van der Waals surface area contributed by atoms with Gasteiger partial charge in [-0.15, -0.1) is 0 Å². The van der Waals surface area contributed by atoms with E-state index in [0.717, 1.165) is 25.7 Å². The maximum Gasteiger partial charge on any atom is 0.338 e. The molecule has 0 heterocycles. The molecule has 2 aromatic carbocycles. The predicted octanol–water partition coefficient (Wildman–Crippen LogP) is 10.1. The van der Waals surface area contributed by atoms with Gasteiger partial charge in [-0.25, -0.2) is 4.79 Å². The molecule has 2 aromatic rings. The Kier molecular flexibility index (Phi) is 15.2. The van der Waals surface area contributed by atoms with Crippen LogP contribution in [0.15, 0.2) is 42.5 Å². The number of hydrogen-bond acceptors (Lipinski definition) is 2. The van der Waals surface area contributed by atoms with Crippen molar-refractivity contribution in [1.29, 1.82) is 0 Å². The molecule has 0 aliphatic heterocycles. The molecule has 0 spiro atoms. The van der Waals surface area contributed by atoms with E-state index in [-0.39, 0.29) is 5.97 Å². The molecule has 0 unspecified atom stereocenters. The van der Waals surface area contributed by atoms with E-state index in [9.17, 15) is 4.79 Å². The van der Waals surface area contributed by atoms with Crippen LogP contribution in [-0.4, -0.2) is 12.6 Å². The zero-order chi connectivity index (χ0) is 25.1. The van der Waals surface area contributed by atoms with Crippen LogP contribution in [0.5, 0.6) is 0 Å². The van der Waals surface area contributed by atoms with E-state index in [1.165, 1.54) is 99.3 Å². The van der Waals surface area contributed by atoms with Crippen molar-refractivity contribution < 1.29 is 9.53 Å². The Balaban J connectivity index is 1.56. The van der Waals surface area contributed by atoms with Gasteiger partial charge in [-0.3, -0.25) is 0 Å². The minimum atomic E-state index is -0.204. The molecule has 2 nitrogen and oxygen atoms in total. The summed E-state index contributed by atoms with van der Waals surface area (Å²) in [4.78, 5) is 12.4. The van der Waals surface area contributed by atoms with Gasteiger partial charge < -0.3 is 4.74 Å². The van der Waals surface area contributed by atoms with Crippen molar-refractivity contribution >= 4 is 5.97 Å². The van der Waals surface area contributed by atoms with Gasteiger partial charge in [-0.2, -0.15) is 0 Å². The number of ether oxygens (including phenoxy) is 1. The number of carbonyl (C=O) groups excluding carboxylic acids is 1. The van der Waals surface area contributed by atoms with Gasteiger partial charge in [0.25, 0.3) is 0 Å². The van der Waals surface area contributed by atoms with Gasteiger partial charge >= 0.3 is 5.97 Å². The summed E-state index contributed by atoms with van der Waals surface area (Å²) in [6.07, 6.45) is 20.7. The molecule has 0 radical (unpaired) electrons. The van der Waals surface area contributed by atoms with Crippen molar-refractivity contribution in [2.45, 2.75) is 124 Å². The fourth-order valence-electron chi connectivity index (χ4n) is 4.98. The first-order valence-corrected chi connectivity index (χ1v) is 14.6. The fraction of sp³-hybridized carbons (Fsp3) is 0.606. The van der Waals surface area contributed by atoms with E-state index in [1.807, 2.05) is 12.1 Å². The molecular weight excluding hydrogens is 428 g/mol. The van der Waals surface area contributed by atoms with E-state index >= 15 is 0 Å². The Labute approximate surface area is 215 Å². The van der Waals surface area contributed by atoms with Crippen LogP contribution in [0.1, 0.15) is 132 Å². The van der Waals surface area contributed by atoms with Crippen LogP contribution in [0.25, 0.3) is 11.1 Å². The lowest BCUT2D eigenvalue weighted by atomic mass is 9.92. The molecule has 0 N–H and O–H groups in total. The van der Waals surface area contributed by atoms with Gasteiger partial charge in [-0.05, 0) is 53.6 Å². The number of unbranched alkanes of at least 4 members (excludes halogenated alkanes) is 13. The minimum absolute atomic E-state index is 0.204. The maximum atomic E-state index is 12.4. The van der Waals surface area contributed by atoms with Gasteiger partial charge in [0, 0.05) is 0 Å². The molecule has 0 fully saturated rings. The quantitative estimate of drug-likeness (QED) is 0.148. The molecule has 194 valence electrons. The van der Waals surface area contributed by atoms with Gasteiger partial charge in [0.05, 0.1) is 12.2 Å². The number of aryl methyl sites for hydroxylation is 1. The minimum Gasteiger partial charge on any atom is -0.462 e. The topological polar surface area (TPSA) is 26.3 Å². The second-order valence-corrected chi connectivity index (χ2v) is 9.96. The predicted molar refractivity (Wildman–Crippen MR) is 151 cm³/mol. The molecule has 0 saturated carbocycles. The summed E-state index contributed by atoms with van der Waals surface area (Å²) >= 11 is 0. The summed E-state index contributed by atoms with van der Waals surface area (Å²) in [5.41, 5.74) is 5.89. The lowest BCUT2D eigenvalue weighted by Gasteiger charge is -2.13. The van der Waals surface area contributed by atoms with Gasteiger partial charge in [0.1, 0.15) is 0 Å². The highest BCUT2D eigenvalue weighted by Gasteiger charge is 2.10. The third-order valence-corrected chi connectivity index (χ3v) is 7.17. The standard InChI is InChI=1S/C33H50O2/c1-4-7-8-9-10-11-12-13-14-15-16-17-18-19-27-35-33(34)30-25-23-29(24-26-30)32-22-20-21-28(5-2)31(32)6-3/h20-26H,4-19,27H2,1-3H3. The summed E-state index contributed by atoms with van der Waals surface area (Å²) in [5, 5.41) is 0. The van der Waals surface area contributed by atoms with E-state index < -0.39 is 0 Å². The molecule has 0 atom stereocenters. The van der Waals surface area contributed by atoms with E-state index in [1.54, 1.807) is 0 Å². The average molecular weight is 479 g/mol. The SMILES string of the molecule is CCCCCCCCCCCCCCCCOC(=O)c1ccc(-c2cccc(CC)c2CC)cc1. The Morgan fingerprint density at radius 3 is 1.69 bits per heavy atom. The maximum absolute atomic E-state index is 12.4. The first-order chi connectivity index (χ1) is 17.2. The molecule has 0 aliphatic rings.